The van der Waals surface area contributed by atoms with Gasteiger partial charge in [-0.25, -0.2) is 14.4 Å². The third-order valence-electron chi connectivity index (χ3n) is 6.51. The first-order valence-electron chi connectivity index (χ1n) is 13.0. The van der Waals surface area contributed by atoms with E-state index in [1.165, 1.54) is 7.11 Å². The van der Waals surface area contributed by atoms with Crippen LogP contribution in [0.3, 0.4) is 0 Å². The van der Waals surface area contributed by atoms with Crippen LogP contribution in [0.2, 0.25) is 0 Å². The molecule has 0 bridgehead atoms. The van der Waals surface area contributed by atoms with Gasteiger partial charge in [-0.1, -0.05) is 0 Å². The van der Waals surface area contributed by atoms with E-state index in [4.69, 9.17) is 14.2 Å². The van der Waals surface area contributed by atoms with Crippen molar-refractivity contribution in [1.82, 2.24) is 25.3 Å². The number of carbonyl (C=O) groups is 3. The van der Waals surface area contributed by atoms with E-state index >= 15 is 0 Å². The number of nitrogens with zero attached hydrogens (tertiary/aromatic N) is 3. The number of rotatable bonds is 8. The predicted molar refractivity (Wildman–Crippen MR) is 143 cm³/mol. The van der Waals surface area contributed by atoms with Crippen LogP contribution in [-0.4, -0.2) is 98.4 Å². The van der Waals surface area contributed by atoms with Crippen molar-refractivity contribution in [2.75, 3.05) is 60.1 Å². The van der Waals surface area contributed by atoms with E-state index in [1.54, 1.807) is 42.0 Å². The lowest BCUT2D eigenvalue weighted by Crippen LogP contribution is -2.56. The van der Waals surface area contributed by atoms with Gasteiger partial charge in [-0.15, -0.1) is 0 Å². The second-order valence-corrected chi connectivity index (χ2v) is 10.3. The highest BCUT2D eigenvalue weighted by Gasteiger charge is 2.40. The second kappa shape index (κ2) is 12.4. The van der Waals surface area contributed by atoms with Crippen LogP contribution in [0.1, 0.15) is 46.2 Å². The van der Waals surface area contributed by atoms with Crippen molar-refractivity contribution < 1.29 is 28.6 Å². The van der Waals surface area contributed by atoms with Crippen molar-refractivity contribution in [2.24, 2.45) is 0 Å². The van der Waals surface area contributed by atoms with Crippen molar-refractivity contribution in [3.63, 3.8) is 0 Å². The van der Waals surface area contributed by atoms with Gasteiger partial charge >= 0.3 is 18.0 Å². The Balaban J connectivity index is 1.97. The summed E-state index contributed by atoms with van der Waals surface area (Å²) in [6, 6.07) is 4.07. The summed E-state index contributed by atoms with van der Waals surface area (Å²) >= 11 is 0. The third kappa shape index (κ3) is 6.69. The van der Waals surface area contributed by atoms with Crippen molar-refractivity contribution in [1.29, 1.82) is 0 Å². The molecule has 0 aromatic heterocycles. The summed E-state index contributed by atoms with van der Waals surface area (Å²) < 4.78 is 16.5. The number of hydrogen-bond acceptors (Lipinski definition) is 7. The van der Waals surface area contributed by atoms with Gasteiger partial charge in [-0.05, 0) is 52.8 Å². The highest BCUT2D eigenvalue weighted by molar-refractivity contribution is 5.95. The minimum atomic E-state index is -0.789. The maximum absolute atomic E-state index is 13.4. The molecule has 0 saturated carbocycles. The maximum Gasteiger partial charge on any atom is 0.338 e. The molecule has 2 heterocycles. The molecule has 2 N–H and O–H groups in total. The number of hydrogen-bond donors (Lipinski definition) is 2. The van der Waals surface area contributed by atoms with Crippen LogP contribution in [0.4, 0.5) is 9.59 Å². The molecule has 1 aromatic rings. The van der Waals surface area contributed by atoms with Crippen LogP contribution in [0.15, 0.2) is 29.5 Å². The molecule has 0 radical (unpaired) electrons. The second-order valence-electron chi connectivity index (χ2n) is 10.3. The lowest BCUT2D eigenvalue weighted by molar-refractivity contribution is -0.139. The summed E-state index contributed by atoms with van der Waals surface area (Å²) in [5.41, 5.74) is 1.21. The van der Waals surface area contributed by atoms with Gasteiger partial charge in [0.25, 0.3) is 0 Å². The van der Waals surface area contributed by atoms with E-state index in [0.717, 1.165) is 0 Å². The first-order valence-corrected chi connectivity index (χ1v) is 13.0. The summed E-state index contributed by atoms with van der Waals surface area (Å²) in [6.07, 6.45) is 0. The lowest BCUT2D eigenvalue weighted by Gasteiger charge is -2.41. The SMILES string of the molecule is CCOC(=O)C1=C(CN2CCN(C(=O)NC(C)(C)C)CC2)N(CC)C(=O)NC1c1cc(OC)ccc1OC. The normalized spacial score (nSPS) is 18.7. The van der Waals surface area contributed by atoms with Crippen LogP contribution in [0.25, 0.3) is 0 Å². The van der Waals surface area contributed by atoms with Gasteiger partial charge in [0.1, 0.15) is 11.5 Å². The number of ether oxygens (including phenoxy) is 3. The molecule has 3 rings (SSSR count). The number of amides is 4. The molecule has 2 aliphatic heterocycles. The molecule has 38 heavy (non-hydrogen) atoms. The minimum Gasteiger partial charge on any atom is -0.497 e. The minimum absolute atomic E-state index is 0.0963. The molecule has 0 aliphatic carbocycles. The first kappa shape index (κ1) is 29.1. The van der Waals surface area contributed by atoms with Crippen LogP contribution >= 0.6 is 0 Å². The standard InChI is InChI=1S/C27H41N5O6/c1-8-32-20(17-30-12-14-31(15-13-30)26(35)29-27(3,4)5)22(24(33)38-9-2)23(28-25(32)34)19-16-18(36-6)10-11-21(19)37-7/h10-11,16,23H,8-9,12-15,17H2,1-7H3,(H,28,34)(H,29,35). The van der Waals surface area contributed by atoms with Crippen LogP contribution < -0.4 is 20.1 Å². The fourth-order valence-electron chi connectivity index (χ4n) is 4.68. The third-order valence-corrected chi connectivity index (χ3v) is 6.51. The average Bonchev–Trinajstić information content (AvgIpc) is 2.87. The largest absolute Gasteiger partial charge is 0.497 e. The van der Waals surface area contributed by atoms with Gasteiger partial charge in [0.15, 0.2) is 0 Å². The summed E-state index contributed by atoms with van der Waals surface area (Å²) in [7, 11) is 3.09. The molecule has 2 aliphatic rings. The Kier molecular flexibility index (Phi) is 9.48. The van der Waals surface area contributed by atoms with Gasteiger partial charge in [-0.2, -0.15) is 0 Å². The highest BCUT2D eigenvalue weighted by atomic mass is 16.5. The van der Waals surface area contributed by atoms with Crippen LogP contribution in [-0.2, 0) is 9.53 Å². The topological polar surface area (TPSA) is 113 Å². The number of benzene rings is 1. The smallest absolute Gasteiger partial charge is 0.338 e. The number of nitrogens with one attached hydrogen (secondary N) is 2. The molecule has 1 atom stereocenters. The van der Waals surface area contributed by atoms with Crippen LogP contribution in [0.5, 0.6) is 11.5 Å². The Hall–Kier alpha value is -3.47. The zero-order chi connectivity index (χ0) is 28.0. The first-order chi connectivity index (χ1) is 18.0. The number of methoxy groups -OCH3 is 2. The van der Waals surface area contributed by atoms with Gasteiger partial charge in [-0.3, -0.25) is 9.80 Å². The number of likely N-dealkylation sites (N-methyl/N-ethyl adjacent to an activating group) is 1. The molecule has 1 unspecified atom stereocenters. The fraction of sp³-hybridized carbons (Fsp3) is 0.593. The molecule has 11 nitrogen and oxygen atoms in total. The maximum atomic E-state index is 13.4. The number of carbonyl (C=O) groups excluding carboxylic acids is 3. The van der Waals surface area contributed by atoms with E-state index in [2.05, 4.69) is 15.5 Å². The fourth-order valence-corrected chi connectivity index (χ4v) is 4.68. The van der Waals surface area contributed by atoms with Crippen molar-refractivity contribution >= 4 is 18.0 Å². The van der Waals surface area contributed by atoms with E-state index in [0.29, 0.717) is 67.6 Å². The van der Waals surface area contributed by atoms with Gasteiger partial charge in [0.2, 0.25) is 0 Å². The Morgan fingerprint density at radius 1 is 1.08 bits per heavy atom. The molecule has 1 fully saturated rings. The monoisotopic (exact) mass is 531 g/mol. The predicted octanol–water partition coefficient (Wildman–Crippen LogP) is 2.73. The molecule has 0 spiro atoms. The molecule has 1 aromatic carbocycles. The lowest BCUT2D eigenvalue weighted by atomic mass is 9.93. The van der Waals surface area contributed by atoms with Crippen molar-refractivity contribution in [3.8, 4) is 11.5 Å². The van der Waals surface area contributed by atoms with E-state index < -0.39 is 12.0 Å². The van der Waals surface area contributed by atoms with Crippen LogP contribution in [0, 0.1) is 0 Å². The van der Waals surface area contributed by atoms with E-state index in [1.807, 2.05) is 27.7 Å². The quantitative estimate of drug-likeness (QED) is 0.496. The number of esters is 1. The molecule has 11 heteroatoms. The molecule has 210 valence electrons. The van der Waals surface area contributed by atoms with E-state index in [-0.39, 0.29) is 24.2 Å². The van der Waals surface area contributed by atoms with Gasteiger partial charge in [0, 0.05) is 56.1 Å². The summed E-state index contributed by atoms with van der Waals surface area (Å²) in [5, 5.41) is 5.97. The summed E-state index contributed by atoms with van der Waals surface area (Å²) in [5.74, 6) is 0.585. The summed E-state index contributed by atoms with van der Waals surface area (Å²) in [6.45, 7) is 12.7. The summed E-state index contributed by atoms with van der Waals surface area (Å²) in [4.78, 5) is 44.8. The zero-order valence-corrected chi connectivity index (χ0v) is 23.6. The number of urea groups is 2. The average molecular weight is 532 g/mol. The Morgan fingerprint density at radius 3 is 2.32 bits per heavy atom. The zero-order valence-electron chi connectivity index (χ0n) is 23.6. The Bertz CT molecular complexity index is 1060. The molecule has 4 amide bonds. The van der Waals surface area contributed by atoms with Crippen molar-refractivity contribution in [3.05, 3.63) is 35.0 Å². The highest BCUT2D eigenvalue weighted by Crippen LogP contribution is 2.38. The van der Waals surface area contributed by atoms with Gasteiger partial charge in [0.05, 0.1) is 32.4 Å². The van der Waals surface area contributed by atoms with Gasteiger partial charge < -0.3 is 29.7 Å². The Morgan fingerprint density at radius 2 is 1.76 bits per heavy atom. The van der Waals surface area contributed by atoms with E-state index in [9.17, 15) is 14.4 Å². The molecular formula is C27H41N5O6. The Labute approximate surface area is 225 Å². The van der Waals surface area contributed by atoms with Crippen molar-refractivity contribution in [2.45, 2.75) is 46.2 Å². The number of piperazine rings is 1. The molecule has 1 saturated heterocycles. The molecular weight excluding hydrogens is 490 g/mol.